The van der Waals surface area contributed by atoms with Crippen molar-refractivity contribution in [2.75, 3.05) is 13.1 Å². The first kappa shape index (κ1) is 11.3. The number of primary amides is 1. The molecule has 1 aliphatic heterocycles. The van der Waals surface area contributed by atoms with Crippen molar-refractivity contribution < 1.29 is 9.53 Å². The molecule has 1 unspecified atom stereocenters. The monoisotopic (exact) mass is 200 g/mol. The highest BCUT2D eigenvalue weighted by Crippen LogP contribution is 2.31. The van der Waals surface area contributed by atoms with E-state index in [9.17, 15) is 4.79 Å². The maximum absolute atomic E-state index is 10.7. The van der Waals surface area contributed by atoms with Crippen LogP contribution in [-0.2, 0) is 4.74 Å². The molecule has 1 heterocycles. The zero-order chi connectivity index (χ0) is 10.8. The van der Waals surface area contributed by atoms with Crippen molar-refractivity contribution in [1.29, 1.82) is 0 Å². The van der Waals surface area contributed by atoms with Crippen molar-refractivity contribution >= 4 is 6.09 Å². The number of hydrogen-bond donors (Lipinski definition) is 2. The van der Waals surface area contributed by atoms with Gasteiger partial charge < -0.3 is 15.8 Å². The number of carbonyl (C=O) groups excluding carboxylic acids is 1. The molecule has 0 aromatic carbocycles. The fourth-order valence-corrected chi connectivity index (χ4v) is 2.02. The quantitative estimate of drug-likeness (QED) is 0.717. The molecule has 0 saturated carbocycles. The Morgan fingerprint density at radius 3 is 2.71 bits per heavy atom. The fourth-order valence-electron chi connectivity index (χ4n) is 2.02. The number of nitrogens with one attached hydrogen (secondary N) is 1. The lowest BCUT2D eigenvalue weighted by molar-refractivity contribution is -0.0130. The number of amides is 1. The van der Waals surface area contributed by atoms with Crippen molar-refractivity contribution in [3.63, 3.8) is 0 Å². The Balaban J connectivity index is 2.55. The molecule has 0 aliphatic carbocycles. The van der Waals surface area contributed by atoms with Gasteiger partial charge in [-0.3, -0.25) is 0 Å². The summed E-state index contributed by atoms with van der Waals surface area (Å²) in [6, 6.07) is 0. The second-order valence-electron chi connectivity index (χ2n) is 4.57. The summed E-state index contributed by atoms with van der Waals surface area (Å²) in [4.78, 5) is 10.7. The molecule has 14 heavy (non-hydrogen) atoms. The van der Waals surface area contributed by atoms with Gasteiger partial charge in [0.2, 0.25) is 0 Å². The smallest absolute Gasteiger partial charge is 0.405 e. The van der Waals surface area contributed by atoms with Crippen LogP contribution in [0.25, 0.3) is 0 Å². The molecular formula is C10H20N2O2. The van der Waals surface area contributed by atoms with E-state index in [1.165, 1.54) is 0 Å². The van der Waals surface area contributed by atoms with E-state index >= 15 is 0 Å². The molecular weight excluding hydrogens is 180 g/mol. The summed E-state index contributed by atoms with van der Waals surface area (Å²) in [7, 11) is 0. The van der Waals surface area contributed by atoms with E-state index in [-0.39, 0.29) is 0 Å². The van der Waals surface area contributed by atoms with E-state index in [4.69, 9.17) is 10.5 Å². The van der Waals surface area contributed by atoms with Gasteiger partial charge in [-0.1, -0.05) is 6.92 Å². The Kier molecular flexibility index (Phi) is 3.37. The van der Waals surface area contributed by atoms with Gasteiger partial charge in [-0.05, 0) is 45.2 Å². The van der Waals surface area contributed by atoms with Gasteiger partial charge in [-0.25, -0.2) is 4.79 Å². The third kappa shape index (κ3) is 2.61. The summed E-state index contributed by atoms with van der Waals surface area (Å²) in [5.41, 5.74) is 4.57. The number of carbonyl (C=O) groups is 1. The van der Waals surface area contributed by atoms with Crippen LogP contribution in [0, 0.1) is 11.8 Å². The number of hydrogen-bond acceptors (Lipinski definition) is 3. The fraction of sp³-hybridized carbons (Fsp3) is 0.900. The SMILES string of the molecule is CC([C@H]1CCNC1)C(C)(C)OC(N)=O. The molecule has 3 N–H and O–H groups in total. The van der Waals surface area contributed by atoms with E-state index in [1.807, 2.05) is 13.8 Å². The molecule has 1 fully saturated rings. The van der Waals surface area contributed by atoms with Crippen LogP contribution in [0.5, 0.6) is 0 Å². The highest BCUT2D eigenvalue weighted by Gasteiger charge is 2.36. The highest BCUT2D eigenvalue weighted by molar-refractivity contribution is 5.65. The molecule has 0 radical (unpaired) electrons. The summed E-state index contributed by atoms with van der Waals surface area (Å²) in [5.74, 6) is 0.898. The van der Waals surface area contributed by atoms with Crippen LogP contribution in [0.3, 0.4) is 0 Å². The Bertz CT molecular complexity index is 210. The van der Waals surface area contributed by atoms with Crippen LogP contribution in [0.2, 0.25) is 0 Å². The zero-order valence-corrected chi connectivity index (χ0v) is 9.17. The standard InChI is InChI=1S/C10H20N2O2/c1-7(8-4-5-12-6-8)10(2,3)14-9(11)13/h7-8,12H,4-6H2,1-3H3,(H2,11,13)/t7?,8-/m0/s1. The third-order valence-corrected chi connectivity index (χ3v) is 3.27. The van der Waals surface area contributed by atoms with Crippen LogP contribution in [0.1, 0.15) is 27.2 Å². The Hall–Kier alpha value is -0.770. The highest BCUT2D eigenvalue weighted by atomic mass is 16.6. The molecule has 4 nitrogen and oxygen atoms in total. The molecule has 2 atom stereocenters. The molecule has 1 aliphatic rings. The van der Waals surface area contributed by atoms with Gasteiger partial charge >= 0.3 is 6.09 Å². The van der Waals surface area contributed by atoms with Crippen molar-refractivity contribution in [3.05, 3.63) is 0 Å². The van der Waals surface area contributed by atoms with E-state index in [0.29, 0.717) is 11.8 Å². The first-order valence-electron chi connectivity index (χ1n) is 5.12. The van der Waals surface area contributed by atoms with E-state index in [2.05, 4.69) is 12.2 Å². The molecule has 1 amide bonds. The molecule has 0 bridgehead atoms. The van der Waals surface area contributed by atoms with Crippen molar-refractivity contribution in [1.82, 2.24) is 5.32 Å². The van der Waals surface area contributed by atoms with Crippen molar-refractivity contribution in [2.24, 2.45) is 17.6 Å². The van der Waals surface area contributed by atoms with Gasteiger partial charge in [0.05, 0.1) is 0 Å². The Morgan fingerprint density at radius 1 is 1.64 bits per heavy atom. The third-order valence-electron chi connectivity index (χ3n) is 3.27. The van der Waals surface area contributed by atoms with Crippen LogP contribution in [0.4, 0.5) is 4.79 Å². The number of rotatable bonds is 3. The van der Waals surface area contributed by atoms with Gasteiger partial charge in [-0.15, -0.1) is 0 Å². The predicted octanol–water partition coefficient (Wildman–Crippen LogP) is 1.11. The van der Waals surface area contributed by atoms with Crippen LogP contribution in [-0.4, -0.2) is 24.8 Å². The van der Waals surface area contributed by atoms with Crippen LogP contribution >= 0.6 is 0 Å². The van der Waals surface area contributed by atoms with Crippen LogP contribution in [0.15, 0.2) is 0 Å². The van der Waals surface area contributed by atoms with E-state index < -0.39 is 11.7 Å². The lowest BCUT2D eigenvalue weighted by atomic mass is 9.81. The lowest BCUT2D eigenvalue weighted by Gasteiger charge is -2.34. The Morgan fingerprint density at radius 2 is 2.29 bits per heavy atom. The first-order valence-corrected chi connectivity index (χ1v) is 5.12. The van der Waals surface area contributed by atoms with Gasteiger partial charge in [0.1, 0.15) is 5.60 Å². The topological polar surface area (TPSA) is 64.3 Å². The summed E-state index contributed by atoms with van der Waals surface area (Å²) < 4.78 is 5.12. The van der Waals surface area contributed by atoms with Gasteiger partial charge in [0.25, 0.3) is 0 Å². The van der Waals surface area contributed by atoms with Gasteiger partial charge in [0, 0.05) is 0 Å². The summed E-state index contributed by atoms with van der Waals surface area (Å²) >= 11 is 0. The van der Waals surface area contributed by atoms with Gasteiger partial charge in [-0.2, -0.15) is 0 Å². The molecule has 0 aromatic rings. The molecule has 1 rings (SSSR count). The Labute approximate surface area is 85.2 Å². The molecule has 82 valence electrons. The van der Waals surface area contributed by atoms with Crippen molar-refractivity contribution in [3.8, 4) is 0 Å². The molecule has 1 saturated heterocycles. The normalized spacial score (nSPS) is 24.6. The van der Waals surface area contributed by atoms with E-state index in [0.717, 1.165) is 19.5 Å². The zero-order valence-electron chi connectivity index (χ0n) is 9.17. The average molecular weight is 200 g/mol. The summed E-state index contributed by atoms with van der Waals surface area (Å²) in [6.45, 7) is 8.01. The second-order valence-corrected chi connectivity index (χ2v) is 4.57. The minimum atomic E-state index is -0.687. The van der Waals surface area contributed by atoms with Gasteiger partial charge in [0.15, 0.2) is 0 Å². The van der Waals surface area contributed by atoms with Crippen molar-refractivity contribution in [2.45, 2.75) is 32.8 Å². The lowest BCUT2D eigenvalue weighted by Crippen LogP contribution is -2.41. The summed E-state index contributed by atoms with van der Waals surface area (Å²) in [6.07, 6.45) is 0.458. The predicted molar refractivity (Wildman–Crippen MR) is 54.9 cm³/mol. The van der Waals surface area contributed by atoms with E-state index in [1.54, 1.807) is 0 Å². The number of nitrogens with two attached hydrogens (primary N) is 1. The second kappa shape index (κ2) is 4.17. The largest absolute Gasteiger partial charge is 0.443 e. The van der Waals surface area contributed by atoms with Crippen LogP contribution < -0.4 is 11.1 Å². The number of ether oxygens (including phenoxy) is 1. The molecule has 0 spiro atoms. The minimum absolute atomic E-state index is 0.324. The maximum Gasteiger partial charge on any atom is 0.405 e. The first-order chi connectivity index (χ1) is 6.43. The average Bonchev–Trinajstić information content (AvgIpc) is 2.51. The maximum atomic E-state index is 10.7. The summed E-state index contributed by atoms with van der Waals surface area (Å²) in [5, 5.41) is 3.31. The molecule has 4 heteroatoms. The molecule has 0 aromatic heterocycles. The minimum Gasteiger partial charge on any atom is -0.443 e.